The number of rotatable bonds is 2. The van der Waals surface area contributed by atoms with Gasteiger partial charge in [0.25, 0.3) is 0 Å². The van der Waals surface area contributed by atoms with Gasteiger partial charge in [-0.1, -0.05) is 29.3 Å². The fourth-order valence-electron chi connectivity index (χ4n) is 1.79. The monoisotopic (exact) mass is 259 g/mol. The van der Waals surface area contributed by atoms with Crippen molar-refractivity contribution in [2.24, 2.45) is 0 Å². The second-order valence-electron chi connectivity index (χ2n) is 4.22. The van der Waals surface area contributed by atoms with Crippen LogP contribution in [0.2, 0.25) is 10.0 Å². The van der Waals surface area contributed by atoms with Crippen molar-refractivity contribution in [2.75, 3.05) is 13.2 Å². The quantitative estimate of drug-likeness (QED) is 0.882. The molecule has 4 heteroatoms. The molecule has 1 saturated heterocycles. The van der Waals surface area contributed by atoms with E-state index in [-0.39, 0.29) is 6.10 Å². The number of benzene rings is 1. The van der Waals surface area contributed by atoms with Gasteiger partial charge in [0, 0.05) is 12.6 Å². The molecule has 0 aliphatic carbocycles. The molecule has 0 aromatic heterocycles. The van der Waals surface area contributed by atoms with Crippen LogP contribution in [-0.2, 0) is 11.2 Å². The maximum atomic E-state index is 5.97. The Morgan fingerprint density at radius 1 is 1.38 bits per heavy atom. The van der Waals surface area contributed by atoms with Crippen molar-refractivity contribution in [3.63, 3.8) is 0 Å². The molecular weight excluding hydrogens is 245 g/mol. The minimum absolute atomic E-state index is 0.230. The molecule has 2 atom stereocenters. The second kappa shape index (κ2) is 5.37. The van der Waals surface area contributed by atoms with Gasteiger partial charge in [-0.3, -0.25) is 0 Å². The van der Waals surface area contributed by atoms with Crippen LogP contribution in [0, 0.1) is 0 Å². The van der Waals surface area contributed by atoms with Gasteiger partial charge >= 0.3 is 0 Å². The van der Waals surface area contributed by atoms with E-state index in [4.69, 9.17) is 27.9 Å². The molecule has 2 unspecified atom stereocenters. The lowest BCUT2D eigenvalue weighted by atomic mass is 10.1. The number of ether oxygens (including phenoxy) is 1. The highest BCUT2D eigenvalue weighted by Crippen LogP contribution is 2.23. The fraction of sp³-hybridized carbons (Fsp3) is 0.500. The third-order valence-electron chi connectivity index (χ3n) is 2.72. The van der Waals surface area contributed by atoms with Crippen LogP contribution in [0.3, 0.4) is 0 Å². The van der Waals surface area contributed by atoms with Crippen LogP contribution in [0.1, 0.15) is 12.5 Å². The number of halogens is 2. The van der Waals surface area contributed by atoms with E-state index in [2.05, 4.69) is 12.2 Å². The Hall–Kier alpha value is -0.280. The maximum Gasteiger partial charge on any atom is 0.0740 e. The first kappa shape index (κ1) is 12.2. The molecule has 1 aliphatic rings. The smallest absolute Gasteiger partial charge is 0.0740 e. The van der Waals surface area contributed by atoms with Gasteiger partial charge in [-0.25, -0.2) is 0 Å². The summed E-state index contributed by atoms with van der Waals surface area (Å²) in [7, 11) is 0. The highest BCUT2D eigenvalue weighted by atomic mass is 35.5. The third kappa shape index (κ3) is 3.11. The number of nitrogens with one attached hydrogen (secondary N) is 1. The fourth-order valence-corrected chi connectivity index (χ4v) is 2.11. The van der Waals surface area contributed by atoms with Gasteiger partial charge in [0.15, 0.2) is 0 Å². The molecule has 1 aliphatic heterocycles. The summed E-state index contributed by atoms with van der Waals surface area (Å²) in [4.78, 5) is 0. The molecule has 1 fully saturated rings. The lowest BCUT2D eigenvalue weighted by molar-refractivity contribution is 0.00882. The van der Waals surface area contributed by atoms with Crippen molar-refractivity contribution in [1.82, 2.24) is 5.32 Å². The van der Waals surface area contributed by atoms with E-state index in [1.807, 2.05) is 18.2 Å². The van der Waals surface area contributed by atoms with E-state index in [1.165, 1.54) is 0 Å². The average Bonchev–Trinajstić information content (AvgIpc) is 2.27. The Labute approximate surface area is 106 Å². The molecule has 0 bridgehead atoms. The highest BCUT2D eigenvalue weighted by Gasteiger charge is 2.18. The van der Waals surface area contributed by atoms with E-state index >= 15 is 0 Å². The van der Waals surface area contributed by atoms with Crippen molar-refractivity contribution >= 4 is 23.2 Å². The molecule has 1 aromatic rings. The normalized spacial score (nSPS) is 25.7. The topological polar surface area (TPSA) is 21.3 Å². The first-order chi connectivity index (χ1) is 7.65. The van der Waals surface area contributed by atoms with Gasteiger partial charge in [-0.05, 0) is 31.0 Å². The zero-order valence-electron chi connectivity index (χ0n) is 9.17. The van der Waals surface area contributed by atoms with Crippen molar-refractivity contribution in [3.8, 4) is 0 Å². The van der Waals surface area contributed by atoms with Crippen molar-refractivity contribution in [2.45, 2.75) is 25.5 Å². The summed E-state index contributed by atoms with van der Waals surface area (Å²) >= 11 is 11.8. The first-order valence-corrected chi connectivity index (χ1v) is 6.19. The molecule has 0 amide bonds. The largest absolute Gasteiger partial charge is 0.375 e. The van der Waals surface area contributed by atoms with Gasteiger partial charge in [0.05, 0.1) is 22.8 Å². The molecule has 1 N–H and O–H groups in total. The third-order valence-corrected chi connectivity index (χ3v) is 3.46. The van der Waals surface area contributed by atoms with Crippen LogP contribution in [0.15, 0.2) is 18.2 Å². The van der Waals surface area contributed by atoms with Crippen LogP contribution in [0.25, 0.3) is 0 Å². The average molecular weight is 260 g/mol. The van der Waals surface area contributed by atoms with Crippen LogP contribution in [0.4, 0.5) is 0 Å². The van der Waals surface area contributed by atoms with E-state index in [1.54, 1.807) is 0 Å². The minimum Gasteiger partial charge on any atom is -0.375 e. The lowest BCUT2D eigenvalue weighted by Crippen LogP contribution is -2.45. The first-order valence-electron chi connectivity index (χ1n) is 5.44. The minimum atomic E-state index is 0.230. The van der Waals surface area contributed by atoms with E-state index in [9.17, 15) is 0 Å². The van der Waals surface area contributed by atoms with Gasteiger partial charge in [-0.2, -0.15) is 0 Å². The van der Waals surface area contributed by atoms with E-state index < -0.39 is 0 Å². The molecule has 0 radical (unpaired) electrons. The number of hydrogen-bond donors (Lipinski definition) is 1. The Morgan fingerprint density at radius 3 is 2.81 bits per heavy atom. The maximum absolute atomic E-state index is 5.97. The summed E-state index contributed by atoms with van der Waals surface area (Å²) in [5.41, 5.74) is 1.16. The standard InChI is InChI=1S/C12H15Cl2NO/c1-8-7-16-10(6-15-8)4-9-2-3-11(13)12(14)5-9/h2-3,5,8,10,15H,4,6-7H2,1H3. The molecule has 2 rings (SSSR count). The summed E-state index contributed by atoms with van der Waals surface area (Å²) in [6.07, 6.45) is 1.10. The SMILES string of the molecule is CC1COC(Cc2ccc(Cl)c(Cl)c2)CN1. The summed E-state index contributed by atoms with van der Waals surface area (Å²) in [6.45, 7) is 3.78. The van der Waals surface area contributed by atoms with E-state index in [0.717, 1.165) is 25.1 Å². The van der Waals surface area contributed by atoms with Gasteiger partial charge in [0.1, 0.15) is 0 Å². The summed E-state index contributed by atoms with van der Waals surface area (Å²) in [5, 5.41) is 4.60. The zero-order chi connectivity index (χ0) is 11.5. The van der Waals surface area contributed by atoms with Crippen molar-refractivity contribution < 1.29 is 4.74 Å². The van der Waals surface area contributed by atoms with Crippen molar-refractivity contribution in [1.29, 1.82) is 0 Å². The van der Waals surface area contributed by atoms with Crippen LogP contribution in [-0.4, -0.2) is 25.3 Å². The number of hydrogen-bond acceptors (Lipinski definition) is 2. The van der Waals surface area contributed by atoms with Crippen LogP contribution in [0.5, 0.6) is 0 Å². The predicted octanol–water partition coefficient (Wildman–Crippen LogP) is 2.91. The highest BCUT2D eigenvalue weighted by molar-refractivity contribution is 6.42. The Morgan fingerprint density at radius 2 is 2.19 bits per heavy atom. The molecule has 1 heterocycles. The van der Waals surface area contributed by atoms with E-state index in [0.29, 0.717) is 16.1 Å². The Balaban J connectivity index is 1.96. The number of morpholine rings is 1. The summed E-state index contributed by atoms with van der Waals surface area (Å²) < 4.78 is 5.73. The van der Waals surface area contributed by atoms with Gasteiger partial charge in [-0.15, -0.1) is 0 Å². The molecule has 88 valence electrons. The Kier molecular flexibility index (Phi) is 4.09. The Bertz CT molecular complexity index is 362. The lowest BCUT2D eigenvalue weighted by Gasteiger charge is -2.28. The molecule has 0 spiro atoms. The van der Waals surface area contributed by atoms with Crippen LogP contribution < -0.4 is 5.32 Å². The molecule has 0 saturated carbocycles. The molecule has 16 heavy (non-hydrogen) atoms. The predicted molar refractivity (Wildman–Crippen MR) is 67.4 cm³/mol. The van der Waals surface area contributed by atoms with Gasteiger partial charge < -0.3 is 10.1 Å². The summed E-state index contributed by atoms with van der Waals surface area (Å²) in [6, 6.07) is 6.18. The zero-order valence-corrected chi connectivity index (χ0v) is 10.7. The molecular formula is C12H15Cl2NO. The summed E-state index contributed by atoms with van der Waals surface area (Å²) in [5.74, 6) is 0. The second-order valence-corrected chi connectivity index (χ2v) is 5.03. The van der Waals surface area contributed by atoms with Crippen molar-refractivity contribution in [3.05, 3.63) is 33.8 Å². The molecule has 1 aromatic carbocycles. The van der Waals surface area contributed by atoms with Crippen LogP contribution >= 0.6 is 23.2 Å². The van der Waals surface area contributed by atoms with Gasteiger partial charge in [0.2, 0.25) is 0 Å². The molecule has 2 nitrogen and oxygen atoms in total.